The first-order chi connectivity index (χ1) is 14.2. The number of benzene rings is 2. The first-order valence-corrected chi connectivity index (χ1v) is 9.98. The van der Waals surface area contributed by atoms with Gasteiger partial charge in [0.05, 0.1) is 10.8 Å². The summed E-state index contributed by atoms with van der Waals surface area (Å²) in [5.41, 5.74) is -0.0130. The SMILES string of the molecule is CC1(C)C(/C=C(/Br)[N+](=O)[O-])C1C(=O)OC(C#N)c1cccc(Oc2ccccc2)c1. The largest absolute Gasteiger partial charge is 0.457 e. The van der Waals surface area contributed by atoms with Gasteiger partial charge >= 0.3 is 10.6 Å². The first kappa shape index (κ1) is 21.5. The minimum absolute atomic E-state index is 0.196. The van der Waals surface area contributed by atoms with E-state index in [4.69, 9.17) is 9.47 Å². The van der Waals surface area contributed by atoms with Crippen molar-refractivity contribution in [2.75, 3.05) is 0 Å². The van der Waals surface area contributed by atoms with Crippen LogP contribution in [-0.2, 0) is 9.53 Å². The van der Waals surface area contributed by atoms with Crippen molar-refractivity contribution < 1.29 is 19.2 Å². The Morgan fingerprint density at radius 2 is 1.90 bits per heavy atom. The molecule has 3 atom stereocenters. The van der Waals surface area contributed by atoms with Crippen LogP contribution in [0.1, 0.15) is 25.5 Å². The van der Waals surface area contributed by atoms with E-state index in [1.165, 1.54) is 6.08 Å². The summed E-state index contributed by atoms with van der Waals surface area (Å²) >= 11 is 2.89. The highest BCUT2D eigenvalue weighted by molar-refractivity contribution is 9.11. The zero-order valence-electron chi connectivity index (χ0n) is 16.3. The van der Waals surface area contributed by atoms with Crippen molar-refractivity contribution in [2.45, 2.75) is 20.0 Å². The summed E-state index contributed by atoms with van der Waals surface area (Å²) in [6.07, 6.45) is 0.290. The van der Waals surface area contributed by atoms with Crippen LogP contribution in [0.15, 0.2) is 65.3 Å². The molecule has 0 N–H and O–H groups in total. The van der Waals surface area contributed by atoms with Gasteiger partial charge < -0.3 is 9.47 Å². The lowest BCUT2D eigenvalue weighted by Crippen LogP contribution is -2.14. The van der Waals surface area contributed by atoms with E-state index in [9.17, 15) is 20.2 Å². The number of nitro groups is 1. The lowest BCUT2D eigenvalue weighted by molar-refractivity contribution is -0.409. The summed E-state index contributed by atoms with van der Waals surface area (Å²) in [6, 6.07) is 18.0. The Hall–Kier alpha value is -3.18. The molecule has 1 aliphatic rings. The van der Waals surface area contributed by atoms with Gasteiger partial charge in [0.2, 0.25) is 6.10 Å². The molecule has 2 aromatic rings. The minimum Gasteiger partial charge on any atom is -0.457 e. The molecule has 0 spiro atoms. The zero-order valence-corrected chi connectivity index (χ0v) is 17.9. The van der Waals surface area contributed by atoms with Gasteiger partial charge in [-0.25, -0.2) is 0 Å². The number of rotatable bonds is 7. The number of nitriles is 1. The second-order valence-electron chi connectivity index (χ2n) is 7.50. The minimum atomic E-state index is -1.11. The summed E-state index contributed by atoms with van der Waals surface area (Å²) in [5.74, 6) is -0.323. The average Bonchev–Trinajstić information content (AvgIpc) is 3.26. The standard InChI is InChI=1S/C22H19BrN2O5/c1-22(2)17(12-19(23)25(27)28)20(22)21(26)30-18(13-24)14-7-6-10-16(11-14)29-15-8-4-3-5-9-15/h3-12,17-18,20H,1-2H3/b19-12-. The van der Waals surface area contributed by atoms with E-state index in [-0.39, 0.29) is 10.5 Å². The van der Waals surface area contributed by atoms with Gasteiger partial charge in [-0.1, -0.05) is 44.2 Å². The highest BCUT2D eigenvalue weighted by atomic mass is 79.9. The van der Waals surface area contributed by atoms with E-state index >= 15 is 0 Å². The Labute approximate surface area is 182 Å². The number of carbonyl (C=O) groups excluding carboxylic acids is 1. The third-order valence-electron chi connectivity index (χ3n) is 5.15. The van der Waals surface area contributed by atoms with Crippen LogP contribution in [0.2, 0.25) is 0 Å². The fourth-order valence-corrected chi connectivity index (χ4v) is 3.66. The van der Waals surface area contributed by atoms with Gasteiger partial charge in [-0.2, -0.15) is 5.26 Å². The fraction of sp³-hybridized carbons (Fsp3) is 0.273. The maximum Gasteiger partial charge on any atom is 0.311 e. The van der Waals surface area contributed by atoms with E-state index < -0.39 is 28.3 Å². The molecule has 1 saturated carbocycles. The molecule has 0 heterocycles. The molecule has 0 aromatic heterocycles. The number of allylic oxidation sites excluding steroid dienone is 1. The normalized spacial score (nSPS) is 20.5. The molecular formula is C22H19BrN2O5. The van der Waals surface area contributed by atoms with Crippen molar-refractivity contribution in [3.05, 3.63) is 81.0 Å². The third-order valence-corrected chi connectivity index (χ3v) is 5.70. The number of hydrogen-bond acceptors (Lipinski definition) is 6. The zero-order chi connectivity index (χ0) is 21.9. The second-order valence-corrected chi connectivity index (χ2v) is 8.32. The Morgan fingerprint density at radius 3 is 2.53 bits per heavy atom. The summed E-state index contributed by atoms with van der Waals surface area (Å²) in [7, 11) is 0. The predicted octanol–water partition coefficient (Wildman–Crippen LogP) is 5.37. The van der Waals surface area contributed by atoms with Gasteiger partial charge in [0.25, 0.3) is 0 Å². The molecule has 0 radical (unpaired) electrons. The van der Waals surface area contributed by atoms with Crippen LogP contribution in [0.4, 0.5) is 0 Å². The number of nitrogens with zero attached hydrogens (tertiary/aromatic N) is 2. The molecule has 0 amide bonds. The summed E-state index contributed by atoms with van der Waals surface area (Å²) in [6.45, 7) is 3.66. The van der Waals surface area contributed by atoms with Gasteiger partial charge in [0, 0.05) is 33.5 Å². The molecule has 1 aliphatic carbocycles. The number of hydrogen-bond donors (Lipinski definition) is 0. The van der Waals surface area contributed by atoms with Crippen LogP contribution in [0.5, 0.6) is 11.5 Å². The van der Waals surface area contributed by atoms with Crippen molar-refractivity contribution in [1.82, 2.24) is 0 Å². The van der Waals surface area contributed by atoms with Crippen molar-refractivity contribution in [3.8, 4) is 17.6 Å². The van der Waals surface area contributed by atoms with Gasteiger partial charge in [-0.3, -0.25) is 14.9 Å². The van der Waals surface area contributed by atoms with Crippen LogP contribution in [0.25, 0.3) is 0 Å². The number of para-hydroxylation sites is 1. The number of ether oxygens (including phenoxy) is 2. The van der Waals surface area contributed by atoms with Crippen LogP contribution in [-0.4, -0.2) is 10.9 Å². The van der Waals surface area contributed by atoms with Crippen LogP contribution >= 0.6 is 15.9 Å². The molecule has 154 valence electrons. The summed E-state index contributed by atoms with van der Waals surface area (Å²) < 4.78 is 11.0. The van der Waals surface area contributed by atoms with Crippen LogP contribution < -0.4 is 4.74 Å². The molecule has 30 heavy (non-hydrogen) atoms. The third kappa shape index (κ3) is 4.69. The summed E-state index contributed by atoms with van der Waals surface area (Å²) in [5, 5.41) is 20.4. The van der Waals surface area contributed by atoms with Gasteiger partial charge in [0.1, 0.15) is 17.6 Å². The summed E-state index contributed by atoms with van der Waals surface area (Å²) in [4.78, 5) is 23.0. The molecule has 1 fully saturated rings. The monoisotopic (exact) mass is 470 g/mol. The molecule has 0 saturated heterocycles. The Morgan fingerprint density at radius 1 is 1.23 bits per heavy atom. The molecule has 0 bridgehead atoms. The van der Waals surface area contributed by atoms with Crippen molar-refractivity contribution >= 4 is 21.9 Å². The van der Waals surface area contributed by atoms with Crippen LogP contribution in [0.3, 0.4) is 0 Å². The van der Waals surface area contributed by atoms with Gasteiger partial charge in [-0.15, -0.1) is 0 Å². The van der Waals surface area contributed by atoms with E-state index in [1.807, 2.05) is 38.1 Å². The lowest BCUT2D eigenvalue weighted by Gasteiger charge is -2.13. The van der Waals surface area contributed by atoms with E-state index in [1.54, 1.807) is 36.4 Å². The molecule has 8 heteroatoms. The number of carbonyl (C=O) groups is 1. The maximum absolute atomic E-state index is 12.7. The molecule has 2 aromatic carbocycles. The molecule has 7 nitrogen and oxygen atoms in total. The average molecular weight is 471 g/mol. The van der Waals surface area contributed by atoms with E-state index in [2.05, 4.69) is 15.9 Å². The molecule has 0 aliphatic heterocycles. The van der Waals surface area contributed by atoms with E-state index in [0.717, 1.165) is 0 Å². The molecule has 3 rings (SSSR count). The number of esters is 1. The molecule has 3 unspecified atom stereocenters. The van der Waals surface area contributed by atoms with Crippen LogP contribution in [0, 0.1) is 38.7 Å². The highest BCUT2D eigenvalue weighted by Gasteiger charge is 2.62. The fourth-order valence-electron chi connectivity index (χ4n) is 3.37. The quantitative estimate of drug-likeness (QED) is 0.233. The Bertz CT molecular complexity index is 1030. The van der Waals surface area contributed by atoms with Crippen molar-refractivity contribution in [1.29, 1.82) is 5.26 Å². The lowest BCUT2D eigenvalue weighted by atomic mass is 10.1. The topological polar surface area (TPSA) is 102 Å². The highest BCUT2D eigenvalue weighted by Crippen LogP contribution is 2.60. The van der Waals surface area contributed by atoms with Gasteiger partial charge in [0.15, 0.2) is 0 Å². The number of halogens is 1. The van der Waals surface area contributed by atoms with Crippen molar-refractivity contribution in [3.63, 3.8) is 0 Å². The smallest absolute Gasteiger partial charge is 0.311 e. The predicted molar refractivity (Wildman–Crippen MR) is 112 cm³/mol. The Kier molecular flexibility index (Phi) is 6.22. The van der Waals surface area contributed by atoms with Gasteiger partial charge in [-0.05, 0) is 29.7 Å². The molecular weight excluding hydrogens is 452 g/mol. The van der Waals surface area contributed by atoms with Crippen molar-refractivity contribution in [2.24, 2.45) is 17.3 Å². The van der Waals surface area contributed by atoms with E-state index in [0.29, 0.717) is 17.1 Å². The second kappa shape index (κ2) is 8.67. The Balaban J connectivity index is 1.72. The maximum atomic E-state index is 12.7. The first-order valence-electron chi connectivity index (χ1n) is 9.18.